The highest BCUT2D eigenvalue weighted by Gasteiger charge is 2.03. The maximum atomic E-state index is 11.8. The van der Waals surface area contributed by atoms with Crippen LogP contribution in [0.3, 0.4) is 0 Å². The van der Waals surface area contributed by atoms with Crippen molar-refractivity contribution in [2.45, 2.75) is 0 Å². The fraction of sp³-hybridized carbons (Fsp3) is 0. The number of rotatable bonds is 0. The van der Waals surface area contributed by atoms with Gasteiger partial charge in [-0.25, -0.2) is 4.98 Å². The molecule has 0 amide bonds. The van der Waals surface area contributed by atoms with Crippen molar-refractivity contribution in [3.63, 3.8) is 0 Å². The molecule has 4 heteroatoms. The van der Waals surface area contributed by atoms with Crippen LogP contribution in [-0.2, 0) is 0 Å². The second-order valence-electron chi connectivity index (χ2n) is 3.83. The fourth-order valence-electron chi connectivity index (χ4n) is 1.94. The summed E-state index contributed by atoms with van der Waals surface area (Å²) < 4.78 is 1.58. The summed E-state index contributed by atoms with van der Waals surface area (Å²) in [6, 6.07) is 11.4. The summed E-state index contributed by atoms with van der Waals surface area (Å²) in [5, 5.41) is 2.10. The van der Waals surface area contributed by atoms with Gasteiger partial charge in [-0.1, -0.05) is 24.3 Å². The molecule has 16 heavy (non-hydrogen) atoms. The lowest BCUT2D eigenvalue weighted by Crippen LogP contribution is -2.23. The minimum absolute atomic E-state index is 0.0340. The molecule has 0 aliphatic carbocycles. The van der Waals surface area contributed by atoms with Crippen LogP contribution in [0.15, 0.2) is 47.4 Å². The smallest absolute Gasteiger partial charge is 0.257 e. The van der Waals surface area contributed by atoms with E-state index in [9.17, 15) is 4.79 Å². The molecule has 0 saturated heterocycles. The lowest BCUT2D eigenvalue weighted by molar-refractivity contribution is 1.07. The molecular formula is C12H9BN2O. The predicted molar refractivity (Wildman–Crippen MR) is 67.1 cm³/mol. The highest BCUT2D eigenvalue weighted by atomic mass is 16.1. The highest BCUT2D eigenvalue weighted by molar-refractivity contribution is 6.30. The Hall–Kier alpha value is -2.10. The van der Waals surface area contributed by atoms with E-state index in [1.807, 2.05) is 38.2 Å². The lowest BCUT2D eigenvalue weighted by atomic mass is 10.0. The minimum Gasteiger partial charge on any atom is -0.269 e. The summed E-state index contributed by atoms with van der Waals surface area (Å²) in [5.74, 6) is 0. The second kappa shape index (κ2) is 3.20. The van der Waals surface area contributed by atoms with Gasteiger partial charge in [0.25, 0.3) is 5.56 Å². The van der Waals surface area contributed by atoms with Gasteiger partial charge in [-0.05, 0) is 11.5 Å². The molecule has 3 rings (SSSR count). The van der Waals surface area contributed by atoms with Gasteiger partial charge in [0, 0.05) is 23.2 Å². The maximum absolute atomic E-state index is 11.8. The van der Waals surface area contributed by atoms with Crippen molar-refractivity contribution in [2.75, 3.05) is 0 Å². The number of hydrogen-bond acceptors (Lipinski definition) is 2. The summed E-state index contributed by atoms with van der Waals surface area (Å²) >= 11 is 0. The van der Waals surface area contributed by atoms with Crippen molar-refractivity contribution in [1.82, 2.24) is 9.38 Å². The summed E-state index contributed by atoms with van der Waals surface area (Å²) in [7, 11) is 1.84. The van der Waals surface area contributed by atoms with Gasteiger partial charge < -0.3 is 0 Å². The molecule has 0 aliphatic heterocycles. The van der Waals surface area contributed by atoms with Crippen LogP contribution in [0.1, 0.15) is 0 Å². The summed E-state index contributed by atoms with van der Waals surface area (Å²) in [6.07, 6.45) is 1.77. The van der Waals surface area contributed by atoms with E-state index in [0.717, 1.165) is 22.0 Å². The third-order valence-electron chi connectivity index (χ3n) is 2.69. The first-order chi connectivity index (χ1) is 7.75. The Kier molecular flexibility index (Phi) is 1.83. The Bertz CT molecular complexity index is 749. The van der Waals surface area contributed by atoms with E-state index in [1.54, 1.807) is 16.7 Å². The largest absolute Gasteiger partial charge is 0.269 e. The number of benzene rings is 1. The number of nitrogens with zero attached hydrogens (tertiary/aromatic N) is 2. The molecule has 76 valence electrons. The standard InChI is InChI=1S/C12H9BN2O/c13-10-7-11(16)15-6-5-8-3-1-2-4-9(8)12(15)14-10/h1-7H,13H2. The van der Waals surface area contributed by atoms with Crippen molar-refractivity contribution in [1.29, 1.82) is 0 Å². The van der Waals surface area contributed by atoms with E-state index in [0.29, 0.717) is 0 Å². The first kappa shape index (κ1) is 9.15. The molecule has 0 radical (unpaired) electrons. The molecule has 2 heterocycles. The van der Waals surface area contributed by atoms with Crippen LogP contribution < -0.4 is 11.2 Å². The van der Waals surface area contributed by atoms with Gasteiger partial charge in [-0.3, -0.25) is 9.20 Å². The monoisotopic (exact) mass is 208 g/mol. The van der Waals surface area contributed by atoms with E-state index in [1.165, 1.54) is 0 Å². The zero-order valence-corrected chi connectivity index (χ0v) is 8.84. The van der Waals surface area contributed by atoms with Gasteiger partial charge in [0.1, 0.15) is 5.65 Å². The molecule has 0 atom stereocenters. The Balaban J connectivity index is 2.65. The summed E-state index contributed by atoms with van der Waals surface area (Å²) in [6.45, 7) is 0. The number of hydrogen-bond donors (Lipinski definition) is 0. The van der Waals surface area contributed by atoms with Crippen molar-refractivity contribution < 1.29 is 0 Å². The number of fused-ring (bicyclic) bond motifs is 3. The Labute approximate surface area is 92.8 Å². The minimum atomic E-state index is -0.0340. The Morgan fingerprint density at radius 2 is 2.00 bits per heavy atom. The normalized spacial score (nSPS) is 11.0. The van der Waals surface area contributed by atoms with Crippen LogP contribution in [0, 0.1) is 0 Å². The second-order valence-corrected chi connectivity index (χ2v) is 3.83. The highest BCUT2D eigenvalue weighted by Crippen LogP contribution is 2.15. The third kappa shape index (κ3) is 1.23. The molecule has 3 aromatic rings. The fourth-order valence-corrected chi connectivity index (χ4v) is 1.94. The average Bonchev–Trinajstić information content (AvgIpc) is 2.28. The first-order valence-corrected chi connectivity index (χ1v) is 5.13. The Morgan fingerprint density at radius 3 is 2.88 bits per heavy atom. The van der Waals surface area contributed by atoms with E-state index < -0.39 is 0 Å². The van der Waals surface area contributed by atoms with Gasteiger partial charge in [0.05, 0.1) is 0 Å². The van der Waals surface area contributed by atoms with Gasteiger partial charge in [0.2, 0.25) is 0 Å². The van der Waals surface area contributed by atoms with Crippen molar-refractivity contribution in [3.05, 3.63) is 52.9 Å². The topological polar surface area (TPSA) is 34.4 Å². The number of aromatic nitrogens is 2. The first-order valence-electron chi connectivity index (χ1n) is 5.13. The van der Waals surface area contributed by atoms with Crippen molar-refractivity contribution in [3.8, 4) is 0 Å². The van der Waals surface area contributed by atoms with Crippen LogP contribution in [-0.4, -0.2) is 17.2 Å². The molecule has 0 N–H and O–H groups in total. The van der Waals surface area contributed by atoms with Crippen molar-refractivity contribution in [2.24, 2.45) is 0 Å². The maximum Gasteiger partial charge on any atom is 0.257 e. The van der Waals surface area contributed by atoms with Crippen LogP contribution in [0.2, 0.25) is 0 Å². The van der Waals surface area contributed by atoms with E-state index in [-0.39, 0.29) is 5.56 Å². The van der Waals surface area contributed by atoms with Gasteiger partial charge in [-0.15, -0.1) is 0 Å². The van der Waals surface area contributed by atoms with E-state index >= 15 is 0 Å². The zero-order valence-electron chi connectivity index (χ0n) is 8.84. The van der Waals surface area contributed by atoms with Crippen LogP contribution in [0.25, 0.3) is 16.4 Å². The van der Waals surface area contributed by atoms with Crippen LogP contribution in [0.4, 0.5) is 0 Å². The molecule has 0 bridgehead atoms. The molecule has 0 unspecified atom stereocenters. The van der Waals surface area contributed by atoms with Gasteiger partial charge >= 0.3 is 0 Å². The molecule has 2 aromatic heterocycles. The number of pyridine rings is 1. The average molecular weight is 208 g/mol. The molecule has 0 fully saturated rings. The quantitative estimate of drug-likeness (QED) is 0.388. The molecule has 3 nitrogen and oxygen atoms in total. The molecular weight excluding hydrogens is 199 g/mol. The predicted octanol–water partition coefficient (Wildman–Crippen LogP) is 0.106. The lowest BCUT2D eigenvalue weighted by Gasteiger charge is -2.04. The van der Waals surface area contributed by atoms with Crippen LogP contribution >= 0.6 is 0 Å². The van der Waals surface area contributed by atoms with E-state index in [4.69, 9.17) is 0 Å². The van der Waals surface area contributed by atoms with Gasteiger partial charge in [0.15, 0.2) is 7.85 Å². The molecule has 0 spiro atoms. The Morgan fingerprint density at radius 1 is 1.19 bits per heavy atom. The van der Waals surface area contributed by atoms with Crippen molar-refractivity contribution >= 4 is 29.9 Å². The molecule has 0 saturated carbocycles. The summed E-state index contributed by atoms with van der Waals surface area (Å²) in [5.41, 5.74) is 1.44. The molecule has 0 aliphatic rings. The summed E-state index contributed by atoms with van der Waals surface area (Å²) in [4.78, 5) is 16.2. The molecule has 1 aromatic carbocycles. The van der Waals surface area contributed by atoms with Gasteiger partial charge in [-0.2, -0.15) is 0 Å². The van der Waals surface area contributed by atoms with Crippen LogP contribution in [0.5, 0.6) is 0 Å². The third-order valence-corrected chi connectivity index (χ3v) is 2.69. The SMILES string of the molecule is Bc1cc(=O)n2ccc3ccccc3c2n1. The zero-order chi connectivity index (χ0) is 11.1. The van der Waals surface area contributed by atoms with E-state index in [2.05, 4.69) is 4.98 Å².